The van der Waals surface area contributed by atoms with Gasteiger partial charge in [0.2, 0.25) is 5.91 Å². The van der Waals surface area contributed by atoms with Crippen LogP contribution in [0.2, 0.25) is 0 Å². The number of hydrogen-bond donors (Lipinski definition) is 2. The molecule has 1 saturated heterocycles. The average molecular weight is 236 g/mol. The van der Waals surface area contributed by atoms with Crippen LogP contribution in [0.4, 0.5) is 0 Å². The number of rotatable bonds is 3. The molecule has 0 radical (unpaired) electrons. The summed E-state index contributed by atoms with van der Waals surface area (Å²) >= 11 is 0. The molecule has 0 aliphatic carbocycles. The first-order valence-electron chi connectivity index (χ1n) is 6.16. The molecule has 2 heterocycles. The number of aryl methyl sites for hydroxylation is 1. The minimum atomic E-state index is 0.0902. The summed E-state index contributed by atoms with van der Waals surface area (Å²) in [6.45, 7) is 3.61. The fourth-order valence-electron chi connectivity index (χ4n) is 2.27. The zero-order chi connectivity index (χ0) is 12.3. The lowest BCUT2D eigenvalue weighted by molar-refractivity contribution is -0.126. The number of carbonyl (C=O) groups excluding carboxylic acids is 1. The minimum absolute atomic E-state index is 0.0902. The normalized spacial score (nSPS) is 24.6. The Morgan fingerprint density at radius 3 is 3.18 bits per heavy atom. The first kappa shape index (κ1) is 12.1. The summed E-state index contributed by atoms with van der Waals surface area (Å²) < 4.78 is 1.74. The van der Waals surface area contributed by atoms with Crippen LogP contribution in [0.3, 0.4) is 0 Å². The molecule has 1 amide bonds. The maximum absolute atomic E-state index is 12.0. The molecule has 1 aromatic heterocycles. The SMILES string of the molecule is CC1NCCCC1C(=O)NCc1ccn(C)n1. The third-order valence-electron chi connectivity index (χ3n) is 3.31. The molecule has 2 rings (SSSR count). The van der Waals surface area contributed by atoms with E-state index in [9.17, 15) is 4.79 Å². The zero-order valence-electron chi connectivity index (χ0n) is 10.4. The summed E-state index contributed by atoms with van der Waals surface area (Å²) in [7, 11) is 1.87. The topological polar surface area (TPSA) is 59.0 Å². The Balaban J connectivity index is 1.84. The van der Waals surface area contributed by atoms with Gasteiger partial charge in [-0.1, -0.05) is 0 Å². The highest BCUT2D eigenvalue weighted by atomic mass is 16.1. The van der Waals surface area contributed by atoms with Crippen LogP contribution in [-0.4, -0.2) is 28.3 Å². The van der Waals surface area contributed by atoms with Gasteiger partial charge in [-0.2, -0.15) is 5.10 Å². The fourth-order valence-corrected chi connectivity index (χ4v) is 2.27. The van der Waals surface area contributed by atoms with Crippen LogP contribution in [0.25, 0.3) is 0 Å². The van der Waals surface area contributed by atoms with E-state index in [4.69, 9.17) is 0 Å². The van der Waals surface area contributed by atoms with Crippen molar-refractivity contribution in [1.29, 1.82) is 0 Å². The van der Waals surface area contributed by atoms with Crippen LogP contribution in [0, 0.1) is 5.92 Å². The van der Waals surface area contributed by atoms with Crippen LogP contribution in [0.1, 0.15) is 25.5 Å². The molecule has 2 atom stereocenters. The zero-order valence-corrected chi connectivity index (χ0v) is 10.4. The predicted molar refractivity (Wildman–Crippen MR) is 65.2 cm³/mol. The molecule has 0 saturated carbocycles. The molecule has 0 spiro atoms. The number of hydrogen-bond acceptors (Lipinski definition) is 3. The van der Waals surface area contributed by atoms with Crippen molar-refractivity contribution in [3.63, 3.8) is 0 Å². The van der Waals surface area contributed by atoms with E-state index in [0.29, 0.717) is 6.54 Å². The summed E-state index contributed by atoms with van der Waals surface area (Å²) in [6.07, 6.45) is 3.93. The molecule has 0 bridgehead atoms. The maximum atomic E-state index is 12.0. The summed E-state index contributed by atoms with van der Waals surface area (Å²) in [5.74, 6) is 0.225. The largest absolute Gasteiger partial charge is 0.350 e. The summed E-state index contributed by atoms with van der Waals surface area (Å²) in [5, 5.41) is 10.5. The van der Waals surface area contributed by atoms with Crippen molar-refractivity contribution in [3.8, 4) is 0 Å². The standard InChI is InChI=1S/C12H20N4O/c1-9-11(4-3-6-13-9)12(17)14-8-10-5-7-16(2)15-10/h5,7,9,11,13H,3-4,6,8H2,1-2H3,(H,14,17). The lowest BCUT2D eigenvalue weighted by atomic mass is 9.91. The average Bonchev–Trinajstić information content (AvgIpc) is 2.73. The lowest BCUT2D eigenvalue weighted by Crippen LogP contribution is -2.46. The van der Waals surface area contributed by atoms with Crippen LogP contribution < -0.4 is 10.6 Å². The van der Waals surface area contributed by atoms with E-state index in [0.717, 1.165) is 25.1 Å². The first-order chi connectivity index (χ1) is 8.16. The van der Waals surface area contributed by atoms with E-state index in [1.54, 1.807) is 4.68 Å². The summed E-state index contributed by atoms with van der Waals surface area (Å²) in [5.41, 5.74) is 0.900. The molecule has 17 heavy (non-hydrogen) atoms. The number of carbonyl (C=O) groups is 1. The highest BCUT2D eigenvalue weighted by Crippen LogP contribution is 2.16. The first-order valence-corrected chi connectivity index (χ1v) is 6.16. The molecular formula is C12H20N4O. The second-order valence-corrected chi connectivity index (χ2v) is 4.69. The molecule has 1 aliphatic rings. The lowest BCUT2D eigenvalue weighted by Gasteiger charge is -2.28. The number of nitrogens with one attached hydrogen (secondary N) is 2. The van der Waals surface area contributed by atoms with Crippen molar-refractivity contribution in [2.24, 2.45) is 13.0 Å². The Labute approximate surface area is 102 Å². The van der Waals surface area contributed by atoms with E-state index in [1.807, 2.05) is 19.3 Å². The van der Waals surface area contributed by atoms with Gasteiger partial charge in [0.15, 0.2) is 0 Å². The van der Waals surface area contributed by atoms with Crippen molar-refractivity contribution in [3.05, 3.63) is 18.0 Å². The third kappa shape index (κ3) is 3.06. The van der Waals surface area contributed by atoms with Crippen molar-refractivity contribution in [2.75, 3.05) is 6.54 Å². The van der Waals surface area contributed by atoms with Gasteiger partial charge in [0.25, 0.3) is 0 Å². The molecule has 5 heteroatoms. The Hall–Kier alpha value is -1.36. The van der Waals surface area contributed by atoms with Gasteiger partial charge < -0.3 is 10.6 Å². The van der Waals surface area contributed by atoms with Crippen LogP contribution in [-0.2, 0) is 18.4 Å². The van der Waals surface area contributed by atoms with Crippen LogP contribution in [0.15, 0.2) is 12.3 Å². The molecule has 1 fully saturated rings. The number of aromatic nitrogens is 2. The Morgan fingerprint density at radius 1 is 1.71 bits per heavy atom. The Morgan fingerprint density at radius 2 is 2.53 bits per heavy atom. The molecule has 1 aromatic rings. The van der Waals surface area contributed by atoms with Crippen molar-refractivity contribution in [1.82, 2.24) is 20.4 Å². The second-order valence-electron chi connectivity index (χ2n) is 4.69. The van der Waals surface area contributed by atoms with E-state index in [2.05, 4.69) is 22.7 Å². The Bertz CT molecular complexity index is 388. The highest BCUT2D eigenvalue weighted by Gasteiger charge is 2.27. The van der Waals surface area contributed by atoms with Gasteiger partial charge in [0.1, 0.15) is 0 Å². The molecular weight excluding hydrogens is 216 g/mol. The molecule has 2 N–H and O–H groups in total. The van der Waals surface area contributed by atoms with Gasteiger partial charge in [0, 0.05) is 19.3 Å². The van der Waals surface area contributed by atoms with E-state index >= 15 is 0 Å². The third-order valence-corrected chi connectivity index (χ3v) is 3.31. The van der Waals surface area contributed by atoms with Gasteiger partial charge in [-0.25, -0.2) is 0 Å². The van der Waals surface area contributed by atoms with E-state index in [1.165, 1.54) is 0 Å². The predicted octanol–water partition coefficient (Wildman–Crippen LogP) is 0.424. The van der Waals surface area contributed by atoms with Crippen LogP contribution >= 0.6 is 0 Å². The molecule has 5 nitrogen and oxygen atoms in total. The summed E-state index contributed by atoms with van der Waals surface area (Å²) in [4.78, 5) is 12.0. The van der Waals surface area contributed by atoms with Gasteiger partial charge in [-0.3, -0.25) is 9.48 Å². The molecule has 0 aromatic carbocycles. The molecule has 1 aliphatic heterocycles. The fraction of sp³-hybridized carbons (Fsp3) is 0.667. The van der Waals surface area contributed by atoms with Gasteiger partial charge >= 0.3 is 0 Å². The second kappa shape index (κ2) is 5.31. The van der Waals surface area contributed by atoms with Gasteiger partial charge in [-0.05, 0) is 32.4 Å². The van der Waals surface area contributed by atoms with Crippen molar-refractivity contribution < 1.29 is 4.79 Å². The smallest absolute Gasteiger partial charge is 0.224 e. The van der Waals surface area contributed by atoms with Gasteiger partial charge in [0.05, 0.1) is 18.2 Å². The van der Waals surface area contributed by atoms with Crippen molar-refractivity contribution >= 4 is 5.91 Å². The maximum Gasteiger partial charge on any atom is 0.224 e. The number of amides is 1. The molecule has 2 unspecified atom stereocenters. The number of nitrogens with zero attached hydrogens (tertiary/aromatic N) is 2. The van der Waals surface area contributed by atoms with Gasteiger partial charge in [-0.15, -0.1) is 0 Å². The highest BCUT2D eigenvalue weighted by molar-refractivity contribution is 5.79. The Kier molecular flexibility index (Phi) is 3.78. The van der Waals surface area contributed by atoms with E-state index < -0.39 is 0 Å². The van der Waals surface area contributed by atoms with Crippen molar-refractivity contribution in [2.45, 2.75) is 32.4 Å². The monoisotopic (exact) mass is 236 g/mol. The minimum Gasteiger partial charge on any atom is -0.350 e. The summed E-state index contributed by atoms with van der Waals surface area (Å²) in [6, 6.07) is 2.19. The van der Waals surface area contributed by atoms with Crippen LogP contribution in [0.5, 0.6) is 0 Å². The number of piperidine rings is 1. The quantitative estimate of drug-likeness (QED) is 0.800. The molecule has 94 valence electrons. The van der Waals surface area contributed by atoms with E-state index in [-0.39, 0.29) is 17.9 Å².